The van der Waals surface area contributed by atoms with E-state index in [4.69, 9.17) is 14.2 Å². The van der Waals surface area contributed by atoms with Gasteiger partial charge < -0.3 is 34.6 Å². The van der Waals surface area contributed by atoms with Gasteiger partial charge in [0.2, 0.25) is 0 Å². The molecule has 1 aliphatic heterocycles. The third-order valence-electron chi connectivity index (χ3n) is 3.48. The van der Waals surface area contributed by atoms with E-state index in [-0.39, 0.29) is 24.5 Å². The lowest BCUT2D eigenvalue weighted by molar-refractivity contribution is -0.299. The third-order valence-corrected chi connectivity index (χ3v) is 3.48. The lowest BCUT2D eigenvalue weighted by atomic mass is 9.99. The second-order valence-corrected chi connectivity index (χ2v) is 5.12. The molecular formula is C15H20O8. The molecule has 1 saturated heterocycles. The van der Waals surface area contributed by atoms with E-state index in [1.807, 2.05) is 0 Å². The maximum atomic E-state index is 11.9. The molecule has 5 atom stereocenters. The van der Waals surface area contributed by atoms with Crippen LogP contribution in [0.2, 0.25) is 0 Å². The van der Waals surface area contributed by atoms with Gasteiger partial charge in [-0.05, 0) is 31.2 Å². The number of aromatic hydroxyl groups is 1. The molecule has 8 heteroatoms. The van der Waals surface area contributed by atoms with Crippen molar-refractivity contribution in [1.82, 2.24) is 0 Å². The van der Waals surface area contributed by atoms with Crippen LogP contribution in [-0.4, -0.2) is 70.3 Å². The summed E-state index contributed by atoms with van der Waals surface area (Å²) in [5.41, 5.74) is 0.218. The number of phenols is 1. The second-order valence-electron chi connectivity index (χ2n) is 5.12. The van der Waals surface area contributed by atoms with Crippen LogP contribution < -0.4 is 0 Å². The van der Waals surface area contributed by atoms with Crippen LogP contribution in [0, 0.1) is 0 Å². The molecule has 1 fully saturated rings. The summed E-state index contributed by atoms with van der Waals surface area (Å²) in [5.74, 6) is -0.654. The number of hydrogen-bond acceptors (Lipinski definition) is 8. The number of carbonyl (C=O) groups is 1. The number of phenolic OH excluding ortho intramolecular Hbond substituents is 1. The van der Waals surface area contributed by atoms with Crippen molar-refractivity contribution in [3.8, 4) is 5.75 Å². The van der Waals surface area contributed by atoms with Crippen LogP contribution in [0.4, 0.5) is 0 Å². The molecule has 0 amide bonds. The van der Waals surface area contributed by atoms with Gasteiger partial charge in [0.15, 0.2) is 6.29 Å². The summed E-state index contributed by atoms with van der Waals surface area (Å²) < 4.78 is 15.5. The van der Waals surface area contributed by atoms with Crippen molar-refractivity contribution >= 4 is 5.97 Å². The molecule has 4 N–H and O–H groups in total. The summed E-state index contributed by atoms with van der Waals surface area (Å²) in [6, 6.07) is 5.45. The standard InChI is InChI=1S/C15H20O8/c1-2-21-15-13(19)12(18)11(17)10(23-15)7-22-14(20)8-3-5-9(16)6-4-8/h3-6,10-13,15-19H,2,7H2,1H3. The second kappa shape index (κ2) is 7.71. The Bertz CT molecular complexity index is 517. The quantitative estimate of drug-likeness (QED) is 0.528. The highest BCUT2D eigenvalue weighted by molar-refractivity contribution is 5.89. The highest BCUT2D eigenvalue weighted by Crippen LogP contribution is 2.22. The van der Waals surface area contributed by atoms with Gasteiger partial charge in [-0.25, -0.2) is 4.79 Å². The molecule has 23 heavy (non-hydrogen) atoms. The number of aliphatic hydroxyl groups is 3. The van der Waals surface area contributed by atoms with E-state index in [0.29, 0.717) is 0 Å². The first-order chi connectivity index (χ1) is 10.9. The molecule has 0 radical (unpaired) electrons. The number of benzene rings is 1. The van der Waals surface area contributed by atoms with Gasteiger partial charge in [0.05, 0.1) is 5.56 Å². The maximum absolute atomic E-state index is 11.9. The first kappa shape index (κ1) is 17.6. The van der Waals surface area contributed by atoms with E-state index in [1.165, 1.54) is 24.3 Å². The van der Waals surface area contributed by atoms with Crippen molar-refractivity contribution in [1.29, 1.82) is 0 Å². The molecule has 1 aromatic carbocycles. The molecule has 1 aromatic rings. The van der Waals surface area contributed by atoms with Crippen molar-refractivity contribution in [2.24, 2.45) is 0 Å². The van der Waals surface area contributed by atoms with Crippen molar-refractivity contribution < 1.29 is 39.4 Å². The molecule has 0 saturated carbocycles. The number of rotatable bonds is 5. The number of carbonyl (C=O) groups excluding carboxylic acids is 1. The summed E-state index contributed by atoms with van der Waals surface area (Å²) >= 11 is 0. The van der Waals surface area contributed by atoms with Gasteiger partial charge in [0.25, 0.3) is 0 Å². The van der Waals surface area contributed by atoms with Crippen molar-refractivity contribution in [2.45, 2.75) is 37.6 Å². The molecule has 0 aliphatic carbocycles. The average Bonchev–Trinajstić information content (AvgIpc) is 2.54. The fourth-order valence-electron chi connectivity index (χ4n) is 2.19. The highest BCUT2D eigenvalue weighted by Gasteiger charge is 2.44. The van der Waals surface area contributed by atoms with Crippen LogP contribution in [0.25, 0.3) is 0 Å². The number of ether oxygens (including phenoxy) is 3. The van der Waals surface area contributed by atoms with E-state index in [2.05, 4.69) is 0 Å². The minimum absolute atomic E-state index is 0.0178. The van der Waals surface area contributed by atoms with E-state index in [0.717, 1.165) is 0 Å². The van der Waals surface area contributed by atoms with Crippen LogP contribution >= 0.6 is 0 Å². The lowest BCUT2D eigenvalue weighted by Gasteiger charge is -2.39. The molecule has 8 nitrogen and oxygen atoms in total. The fraction of sp³-hybridized carbons (Fsp3) is 0.533. The first-order valence-corrected chi connectivity index (χ1v) is 7.21. The zero-order chi connectivity index (χ0) is 17.0. The maximum Gasteiger partial charge on any atom is 0.338 e. The Morgan fingerprint density at radius 2 is 1.78 bits per heavy atom. The van der Waals surface area contributed by atoms with E-state index < -0.39 is 36.7 Å². The zero-order valence-electron chi connectivity index (χ0n) is 12.5. The summed E-state index contributed by atoms with van der Waals surface area (Å²) in [7, 11) is 0. The first-order valence-electron chi connectivity index (χ1n) is 7.21. The monoisotopic (exact) mass is 328 g/mol. The third kappa shape index (κ3) is 4.18. The molecule has 128 valence electrons. The normalized spacial score (nSPS) is 30.9. The van der Waals surface area contributed by atoms with Crippen molar-refractivity contribution in [3.05, 3.63) is 29.8 Å². The summed E-state index contributed by atoms with van der Waals surface area (Å²) in [5, 5.41) is 38.6. The number of hydrogen-bond donors (Lipinski definition) is 4. The average molecular weight is 328 g/mol. The Morgan fingerprint density at radius 3 is 2.39 bits per heavy atom. The Kier molecular flexibility index (Phi) is 5.91. The molecule has 2 rings (SSSR count). The SMILES string of the molecule is CCOC1OC(COC(=O)c2ccc(O)cc2)C(O)C(O)C1O. The molecule has 5 unspecified atom stereocenters. The van der Waals surface area contributed by atoms with Crippen molar-refractivity contribution in [3.63, 3.8) is 0 Å². The van der Waals surface area contributed by atoms with Gasteiger partial charge in [0.1, 0.15) is 36.8 Å². The van der Waals surface area contributed by atoms with Gasteiger partial charge in [-0.15, -0.1) is 0 Å². The van der Waals surface area contributed by atoms with Crippen LogP contribution in [0.3, 0.4) is 0 Å². The highest BCUT2D eigenvalue weighted by atomic mass is 16.7. The van der Waals surface area contributed by atoms with Crippen LogP contribution in [-0.2, 0) is 14.2 Å². The largest absolute Gasteiger partial charge is 0.508 e. The minimum atomic E-state index is -1.47. The molecule has 1 heterocycles. The number of esters is 1. The Morgan fingerprint density at radius 1 is 1.13 bits per heavy atom. The van der Waals surface area contributed by atoms with Crippen LogP contribution in [0.15, 0.2) is 24.3 Å². The summed E-state index contributed by atoms with van der Waals surface area (Å²) in [6.07, 6.45) is -6.44. The molecule has 0 aromatic heterocycles. The van der Waals surface area contributed by atoms with Gasteiger partial charge in [-0.2, -0.15) is 0 Å². The van der Waals surface area contributed by atoms with Gasteiger partial charge in [-0.1, -0.05) is 0 Å². The van der Waals surface area contributed by atoms with Gasteiger partial charge in [0, 0.05) is 6.61 Å². The van der Waals surface area contributed by atoms with Crippen LogP contribution in [0.5, 0.6) is 5.75 Å². The van der Waals surface area contributed by atoms with E-state index in [1.54, 1.807) is 6.92 Å². The molecule has 0 bridgehead atoms. The Labute approximate surface area is 132 Å². The predicted molar refractivity (Wildman–Crippen MR) is 76.7 cm³/mol. The Balaban J connectivity index is 1.95. The molecule has 0 spiro atoms. The molecular weight excluding hydrogens is 308 g/mol. The van der Waals surface area contributed by atoms with Gasteiger partial charge in [-0.3, -0.25) is 0 Å². The summed E-state index contributed by atoms with van der Waals surface area (Å²) in [6.45, 7) is 1.60. The van der Waals surface area contributed by atoms with Crippen LogP contribution in [0.1, 0.15) is 17.3 Å². The van der Waals surface area contributed by atoms with E-state index >= 15 is 0 Å². The minimum Gasteiger partial charge on any atom is -0.508 e. The van der Waals surface area contributed by atoms with Gasteiger partial charge >= 0.3 is 5.97 Å². The van der Waals surface area contributed by atoms with Crippen molar-refractivity contribution in [2.75, 3.05) is 13.2 Å². The van der Waals surface area contributed by atoms with E-state index in [9.17, 15) is 25.2 Å². The molecule has 1 aliphatic rings. The predicted octanol–water partition coefficient (Wildman–Crippen LogP) is -0.607. The summed E-state index contributed by atoms with van der Waals surface area (Å²) in [4.78, 5) is 11.9. The Hall–Kier alpha value is -1.71. The topological polar surface area (TPSA) is 126 Å². The smallest absolute Gasteiger partial charge is 0.338 e. The fourth-order valence-corrected chi connectivity index (χ4v) is 2.19. The zero-order valence-corrected chi connectivity index (χ0v) is 12.5. The number of aliphatic hydroxyl groups excluding tert-OH is 3. The lowest BCUT2D eigenvalue weighted by Crippen LogP contribution is -2.59.